The van der Waals surface area contributed by atoms with Crippen LogP contribution in [0.4, 0.5) is 0 Å². The smallest absolute Gasteiger partial charge is 0.234 e. The molecule has 2 saturated heterocycles. The summed E-state index contributed by atoms with van der Waals surface area (Å²) in [6, 6.07) is 5.95. The molecule has 31 heavy (non-hydrogen) atoms. The predicted molar refractivity (Wildman–Crippen MR) is 120 cm³/mol. The van der Waals surface area contributed by atoms with Crippen LogP contribution in [0.5, 0.6) is 0 Å². The van der Waals surface area contributed by atoms with Gasteiger partial charge in [0.25, 0.3) is 0 Å². The summed E-state index contributed by atoms with van der Waals surface area (Å²) in [6.45, 7) is 4.27. The van der Waals surface area contributed by atoms with E-state index in [1.807, 2.05) is 34.6 Å². The number of hydrogen-bond donors (Lipinski definition) is 1. The third-order valence-corrected chi connectivity index (χ3v) is 7.52. The highest BCUT2D eigenvalue weighted by atomic mass is 35.5. The highest BCUT2D eigenvalue weighted by Gasteiger charge is 2.36. The monoisotopic (exact) mass is 462 g/mol. The lowest BCUT2D eigenvalue weighted by Gasteiger charge is -2.38. The minimum atomic E-state index is -0.230. The number of aryl methyl sites for hydroxylation is 1. The molecule has 0 radical (unpaired) electrons. The minimum Gasteiger partial charge on any atom is -0.368 e. The molecule has 166 valence electrons. The van der Waals surface area contributed by atoms with Crippen LogP contribution in [0.25, 0.3) is 5.69 Å². The Morgan fingerprint density at radius 3 is 2.71 bits per heavy atom. The standard InChI is InChI=1S/C21H27ClN6O2S/c1-14-4-5-16(11-17(14)22)28-13-24-25-21(28)31-12-19(29)26-9-6-15(7-10-26)27-8-2-3-18(27)20(23)30/h4-5,11,13,15,18H,2-3,6-10,12H2,1H3,(H2,23,30)/t18-/m0/s1. The zero-order chi connectivity index (χ0) is 22.0. The number of rotatable bonds is 6. The van der Waals surface area contributed by atoms with E-state index < -0.39 is 0 Å². The lowest BCUT2D eigenvalue weighted by atomic mass is 10.0. The average Bonchev–Trinajstić information content (AvgIpc) is 3.44. The van der Waals surface area contributed by atoms with Gasteiger partial charge in [-0.3, -0.25) is 19.1 Å². The van der Waals surface area contributed by atoms with Gasteiger partial charge in [-0.25, -0.2) is 0 Å². The van der Waals surface area contributed by atoms with E-state index in [-0.39, 0.29) is 17.9 Å². The molecule has 0 saturated carbocycles. The second-order valence-corrected chi connectivity index (χ2v) is 9.47. The fraction of sp³-hybridized carbons (Fsp3) is 0.524. The van der Waals surface area contributed by atoms with Gasteiger partial charge in [0.15, 0.2) is 5.16 Å². The van der Waals surface area contributed by atoms with Gasteiger partial charge in [-0.15, -0.1) is 10.2 Å². The summed E-state index contributed by atoms with van der Waals surface area (Å²) in [5.74, 6) is 0.163. The molecule has 2 aliphatic heterocycles. The maximum Gasteiger partial charge on any atom is 0.234 e. The van der Waals surface area contributed by atoms with Crippen molar-refractivity contribution in [3.63, 3.8) is 0 Å². The number of halogens is 1. The van der Waals surface area contributed by atoms with Crippen molar-refractivity contribution in [1.82, 2.24) is 24.6 Å². The number of hydrogen-bond acceptors (Lipinski definition) is 6. The van der Waals surface area contributed by atoms with Gasteiger partial charge in [-0.05, 0) is 56.8 Å². The Morgan fingerprint density at radius 1 is 1.23 bits per heavy atom. The summed E-state index contributed by atoms with van der Waals surface area (Å²) in [4.78, 5) is 28.6. The first-order valence-electron chi connectivity index (χ1n) is 10.6. The summed E-state index contributed by atoms with van der Waals surface area (Å²) in [5.41, 5.74) is 7.43. The first-order valence-corrected chi connectivity index (χ1v) is 11.9. The van der Waals surface area contributed by atoms with Crippen LogP contribution in [-0.2, 0) is 9.59 Å². The zero-order valence-corrected chi connectivity index (χ0v) is 19.1. The number of amides is 2. The Kier molecular flexibility index (Phi) is 6.83. The zero-order valence-electron chi connectivity index (χ0n) is 17.5. The molecule has 4 rings (SSSR count). The molecule has 10 heteroatoms. The Bertz CT molecular complexity index is 959. The van der Waals surface area contributed by atoms with Crippen LogP contribution in [0.3, 0.4) is 0 Å². The number of piperidine rings is 1. The van der Waals surface area contributed by atoms with Crippen molar-refractivity contribution in [3.8, 4) is 5.69 Å². The van der Waals surface area contributed by atoms with E-state index in [1.54, 1.807) is 6.33 Å². The van der Waals surface area contributed by atoms with Crippen molar-refractivity contribution in [2.24, 2.45) is 5.73 Å². The van der Waals surface area contributed by atoms with Crippen LogP contribution in [0.2, 0.25) is 5.02 Å². The van der Waals surface area contributed by atoms with Crippen molar-refractivity contribution in [1.29, 1.82) is 0 Å². The van der Waals surface area contributed by atoms with E-state index in [4.69, 9.17) is 17.3 Å². The molecule has 0 unspecified atom stereocenters. The Hall–Kier alpha value is -2.10. The van der Waals surface area contributed by atoms with Gasteiger partial charge in [0.1, 0.15) is 6.33 Å². The van der Waals surface area contributed by atoms with Crippen molar-refractivity contribution < 1.29 is 9.59 Å². The molecule has 3 heterocycles. The van der Waals surface area contributed by atoms with Gasteiger partial charge in [0.05, 0.1) is 17.5 Å². The average molecular weight is 463 g/mol. The number of nitrogens with two attached hydrogens (primary N) is 1. The predicted octanol–water partition coefficient (Wildman–Crippen LogP) is 2.26. The molecule has 0 bridgehead atoms. The number of nitrogens with zero attached hydrogens (tertiary/aromatic N) is 5. The first-order chi connectivity index (χ1) is 14.9. The van der Waals surface area contributed by atoms with Crippen LogP contribution < -0.4 is 5.73 Å². The molecular formula is C21H27ClN6O2S. The lowest BCUT2D eigenvalue weighted by molar-refractivity contribution is -0.131. The molecule has 2 aromatic rings. The van der Waals surface area contributed by atoms with Gasteiger partial charge < -0.3 is 10.6 Å². The van der Waals surface area contributed by atoms with Crippen molar-refractivity contribution >= 4 is 35.2 Å². The molecule has 1 aromatic heterocycles. The Labute approximate surface area is 191 Å². The Morgan fingerprint density at radius 2 is 2.00 bits per heavy atom. The Balaban J connectivity index is 1.31. The van der Waals surface area contributed by atoms with E-state index in [0.717, 1.165) is 43.5 Å². The molecule has 1 aromatic carbocycles. The van der Waals surface area contributed by atoms with Gasteiger partial charge in [-0.2, -0.15) is 0 Å². The van der Waals surface area contributed by atoms with Crippen LogP contribution in [-0.4, -0.2) is 73.8 Å². The summed E-state index contributed by atoms with van der Waals surface area (Å²) in [7, 11) is 0. The lowest BCUT2D eigenvalue weighted by Crippen LogP contribution is -2.51. The first kappa shape index (κ1) is 22.1. The molecule has 2 N–H and O–H groups in total. The molecule has 2 amide bonds. The number of carbonyl (C=O) groups excluding carboxylic acids is 2. The van der Waals surface area contributed by atoms with Gasteiger partial charge in [0.2, 0.25) is 11.8 Å². The van der Waals surface area contributed by atoms with Gasteiger partial charge in [0, 0.05) is 24.2 Å². The topological polar surface area (TPSA) is 97.3 Å². The molecule has 0 spiro atoms. The number of aromatic nitrogens is 3. The second kappa shape index (κ2) is 9.58. The molecule has 8 nitrogen and oxygen atoms in total. The van der Waals surface area contributed by atoms with E-state index in [2.05, 4.69) is 15.1 Å². The molecule has 2 aliphatic rings. The van der Waals surface area contributed by atoms with Crippen LogP contribution in [0.1, 0.15) is 31.2 Å². The summed E-state index contributed by atoms with van der Waals surface area (Å²) >= 11 is 7.62. The number of benzene rings is 1. The fourth-order valence-electron chi connectivity index (χ4n) is 4.43. The van der Waals surface area contributed by atoms with Crippen LogP contribution in [0, 0.1) is 6.92 Å². The van der Waals surface area contributed by atoms with Gasteiger partial charge in [-0.1, -0.05) is 29.4 Å². The number of primary amides is 1. The largest absolute Gasteiger partial charge is 0.368 e. The SMILES string of the molecule is Cc1ccc(-n2cnnc2SCC(=O)N2CCC(N3CCC[C@H]3C(N)=O)CC2)cc1Cl. The maximum absolute atomic E-state index is 12.8. The molecular weight excluding hydrogens is 436 g/mol. The van der Waals surface area contributed by atoms with E-state index in [0.29, 0.717) is 35.1 Å². The molecule has 1 atom stereocenters. The van der Waals surface area contributed by atoms with Gasteiger partial charge >= 0.3 is 0 Å². The highest BCUT2D eigenvalue weighted by Crippen LogP contribution is 2.27. The van der Waals surface area contributed by atoms with Crippen LogP contribution in [0.15, 0.2) is 29.7 Å². The minimum absolute atomic E-state index is 0.0906. The summed E-state index contributed by atoms with van der Waals surface area (Å²) < 4.78 is 1.84. The highest BCUT2D eigenvalue weighted by molar-refractivity contribution is 7.99. The molecule has 2 fully saturated rings. The third kappa shape index (κ3) is 4.88. The fourth-order valence-corrected chi connectivity index (χ4v) is 5.43. The number of thioether (sulfide) groups is 1. The number of likely N-dealkylation sites (tertiary alicyclic amines) is 2. The normalized spacial score (nSPS) is 20.3. The third-order valence-electron chi connectivity index (χ3n) is 6.18. The van der Waals surface area contributed by atoms with E-state index >= 15 is 0 Å². The van der Waals surface area contributed by atoms with Crippen LogP contribution >= 0.6 is 23.4 Å². The quantitative estimate of drug-likeness (QED) is 0.661. The van der Waals surface area contributed by atoms with Crippen molar-refractivity contribution in [2.75, 3.05) is 25.4 Å². The second-order valence-electron chi connectivity index (χ2n) is 8.12. The molecule has 0 aliphatic carbocycles. The van der Waals surface area contributed by atoms with E-state index in [9.17, 15) is 9.59 Å². The van der Waals surface area contributed by atoms with Crippen molar-refractivity contribution in [3.05, 3.63) is 35.1 Å². The summed E-state index contributed by atoms with van der Waals surface area (Å²) in [6.07, 6.45) is 5.23. The maximum atomic E-state index is 12.8. The van der Waals surface area contributed by atoms with Crippen molar-refractivity contribution in [2.45, 2.75) is 49.8 Å². The number of carbonyl (C=O) groups is 2. The summed E-state index contributed by atoms with van der Waals surface area (Å²) in [5, 5.41) is 9.50. The van der Waals surface area contributed by atoms with E-state index in [1.165, 1.54) is 11.8 Å².